The van der Waals surface area contributed by atoms with Gasteiger partial charge in [0.05, 0.1) is 13.2 Å². The lowest BCUT2D eigenvalue weighted by atomic mass is 10.2. The zero-order valence-corrected chi connectivity index (χ0v) is 12.6. The first-order valence-electron chi connectivity index (χ1n) is 5.19. The molecule has 0 fully saturated rings. The first-order chi connectivity index (χ1) is 8.22. The summed E-state index contributed by atoms with van der Waals surface area (Å²) in [6.45, 7) is 4.86. The van der Waals surface area contributed by atoms with Crippen LogP contribution < -0.4 is 0 Å². The van der Waals surface area contributed by atoms with E-state index in [4.69, 9.17) is 4.74 Å². The van der Waals surface area contributed by atoms with E-state index in [0.29, 0.717) is 13.2 Å². The second kappa shape index (κ2) is 8.45. The van der Waals surface area contributed by atoms with Crippen LogP contribution in [0.1, 0.15) is 5.56 Å². The molecule has 0 unspecified atom stereocenters. The Labute approximate surface area is 119 Å². The fourth-order valence-electron chi connectivity index (χ4n) is 1.14. The Morgan fingerprint density at radius 2 is 1.88 bits per heavy atom. The minimum absolute atomic E-state index is 0.573. The Kier molecular flexibility index (Phi) is 7.17. The molecule has 1 nitrogen and oxygen atoms in total. The maximum Gasteiger partial charge on any atom is 0.0721 e. The molecule has 17 heavy (non-hydrogen) atoms. The van der Waals surface area contributed by atoms with Crippen molar-refractivity contribution in [3.63, 3.8) is 0 Å². The highest BCUT2D eigenvalue weighted by Gasteiger charge is 1.91. The predicted molar refractivity (Wildman–Crippen MR) is 80.3 cm³/mol. The summed E-state index contributed by atoms with van der Waals surface area (Å²) < 4.78 is 7.43. The number of allylic oxidation sites excluding steroid dienone is 4. The third kappa shape index (κ3) is 6.61. The summed E-state index contributed by atoms with van der Waals surface area (Å²) in [5, 5.41) is 0. The Morgan fingerprint density at radius 3 is 2.53 bits per heavy atom. The fraction of sp³-hybridized carbons (Fsp3) is 0.143. The van der Waals surface area contributed by atoms with Crippen molar-refractivity contribution < 1.29 is 4.74 Å². The largest absolute Gasteiger partial charge is 0.373 e. The van der Waals surface area contributed by atoms with Crippen LogP contribution in [-0.4, -0.2) is 6.61 Å². The average molecular weight is 358 g/mol. The molecular formula is C14H14Br2O. The fourth-order valence-corrected chi connectivity index (χ4v) is 2.07. The second-order valence-corrected chi connectivity index (χ2v) is 5.15. The maximum absolute atomic E-state index is 5.53. The van der Waals surface area contributed by atoms with E-state index in [1.165, 1.54) is 5.56 Å². The molecule has 0 N–H and O–H groups in total. The molecule has 0 aliphatic rings. The summed E-state index contributed by atoms with van der Waals surface area (Å²) in [4.78, 5) is 0. The van der Waals surface area contributed by atoms with Crippen molar-refractivity contribution in [3.05, 3.63) is 69.7 Å². The maximum atomic E-state index is 5.53. The number of halogens is 2. The summed E-state index contributed by atoms with van der Waals surface area (Å²) in [6.07, 6.45) is 5.63. The molecule has 0 heterocycles. The van der Waals surface area contributed by atoms with Crippen molar-refractivity contribution in [2.24, 2.45) is 0 Å². The molecule has 0 aliphatic heterocycles. The highest BCUT2D eigenvalue weighted by atomic mass is 79.9. The van der Waals surface area contributed by atoms with Crippen molar-refractivity contribution in [1.29, 1.82) is 0 Å². The number of rotatable bonds is 6. The van der Waals surface area contributed by atoms with Gasteiger partial charge in [-0.05, 0) is 17.7 Å². The first-order valence-corrected chi connectivity index (χ1v) is 6.78. The van der Waals surface area contributed by atoms with Crippen molar-refractivity contribution in [3.8, 4) is 0 Å². The van der Waals surface area contributed by atoms with Gasteiger partial charge in [-0.1, -0.05) is 74.8 Å². The third-order valence-electron chi connectivity index (χ3n) is 1.98. The van der Waals surface area contributed by atoms with Crippen molar-refractivity contribution in [2.45, 2.75) is 6.61 Å². The molecule has 1 aromatic carbocycles. The van der Waals surface area contributed by atoms with Gasteiger partial charge in [-0.2, -0.15) is 0 Å². The molecule has 1 aromatic rings. The van der Waals surface area contributed by atoms with Gasteiger partial charge in [0.15, 0.2) is 0 Å². The standard InChI is InChI=1S/C14H14Br2O/c1-2-13(15)10-14(16)8-9-17-11-12-6-4-3-5-7-12/h2-8,10H,1,9,11H2/b13-10+,14-8+. The molecular weight excluding hydrogens is 344 g/mol. The van der Waals surface area contributed by atoms with E-state index in [1.54, 1.807) is 6.08 Å². The van der Waals surface area contributed by atoms with Gasteiger partial charge >= 0.3 is 0 Å². The van der Waals surface area contributed by atoms with Gasteiger partial charge in [0.2, 0.25) is 0 Å². The van der Waals surface area contributed by atoms with E-state index in [9.17, 15) is 0 Å². The van der Waals surface area contributed by atoms with Gasteiger partial charge in [0, 0.05) is 8.96 Å². The van der Waals surface area contributed by atoms with Gasteiger partial charge in [-0.3, -0.25) is 0 Å². The van der Waals surface area contributed by atoms with E-state index in [-0.39, 0.29) is 0 Å². The van der Waals surface area contributed by atoms with Crippen LogP contribution in [0.15, 0.2) is 64.1 Å². The van der Waals surface area contributed by atoms with Crippen molar-refractivity contribution in [1.82, 2.24) is 0 Å². The zero-order valence-electron chi connectivity index (χ0n) is 9.40. The monoisotopic (exact) mass is 356 g/mol. The Balaban J connectivity index is 2.33. The van der Waals surface area contributed by atoms with E-state index in [2.05, 4.69) is 38.4 Å². The molecule has 0 saturated heterocycles. The van der Waals surface area contributed by atoms with Crippen LogP contribution in [0.3, 0.4) is 0 Å². The van der Waals surface area contributed by atoms with E-state index < -0.39 is 0 Å². The summed E-state index contributed by atoms with van der Waals surface area (Å²) in [5.74, 6) is 0. The highest BCUT2D eigenvalue weighted by molar-refractivity contribution is 9.12. The van der Waals surface area contributed by atoms with Crippen LogP contribution in [0.2, 0.25) is 0 Å². The average Bonchev–Trinajstić information content (AvgIpc) is 2.36. The predicted octanol–water partition coefficient (Wildman–Crippen LogP) is 4.95. The molecule has 3 heteroatoms. The smallest absolute Gasteiger partial charge is 0.0721 e. The van der Waals surface area contributed by atoms with Crippen LogP contribution >= 0.6 is 31.9 Å². The molecule has 90 valence electrons. The first kappa shape index (κ1) is 14.4. The summed E-state index contributed by atoms with van der Waals surface area (Å²) in [7, 11) is 0. The molecule has 0 aliphatic carbocycles. The van der Waals surface area contributed by atoms with Gasteiger partial charge in [-0.25, -0.2) is 0 Å². The van der Waals surface area contributed by atoms with E-state index >= 15 is 0 Å². The van der Waals surface area contributed by atoms with E-state index in [1.807, 2.05) is 42.5 Å². The van der Waals surface area contributed by atoms with Crippen LogP contribution in [0.5, 0.6) is 0 Å². The van der Waals surface area contributed by atoms with Crippen molar-refractivity contribution >= 4 is 31.9 Å². The molecule has 1 rings (SSSR count). The summed E-state index contributed by atoms with van der Waals surface area (Å²) in [6, 6.07) is 10.1. The highest BCUT2D eigenvalue weighted by Crippen LogP contribution is 2.14. The van der Waals surface area contributed by atoms with Gasteiger partial charge in [-0.15, -0.1) is 0 Å². The third-order valence-corrected chi connectivity index (χ3v) is 3.08. The summed E-state index contributed by atoms with van der Waals surface area (Å²) in [5.41, 5.74) is 1.18. The molecule has 0 radical (unpaired) electrons. The normalized spacial score (nSPS) is 12.6. The molecule has 0 atom stereocenters. The molecule has 0 amide bonds. The molecule has 0 bridgehead atoms. The lowest BCUT2D eigenvalue weighted by Crippen LogP contribution is -1.92. The number of hydrogen-bond donors (Lipinski definition) is 0. The van der Waals surface area contributed by atoms with Crippen LogP contribution in [0, 0.1) is 0 Å². The minimum atomic E-state index is 0.573. The van der Waals surface area contributed by atoms with Gasteiger partial charge in [0.1, 0.15) is 0 Å². The second-order valence-electron chi connectivity index (χ2n) is 3.32. The van der Waals surface area contributed by atoms with Crippen LogP contribution in [0.25, 0.3) is 0 Å². The Morgan fingerprint density at radius 1 is 1.18 bits per heavy atom. The van der Waals surface area contributed by atoms with E-state index in [0.717, 1.165) is 8.96 Å². The van der Waals surface area contributed by atoms with Gasteiger partial charge < -0.3 is 4.74 Å². The minimum Gasteiger partial charge on any atom is -0.373 e. The topological polar surface area (TPSA) is 9.23 Å². The summed E-state index contributed by atoms with van der Waals surface area (Å²) >= 11 is 6.79. The molecule has 0 saturated carbocycles. The van der Waals surface area contributed by atoms with Crippen LogP contribution in [0.4, 0.5) is 0 Å². The lowest BCUT2D eigenvalue weighted by Gasteiger charge is -2.01. The molecule has 0 spiro atoms. The quantitative estimate of drug-likeness (QED) is 0.517. The van der Waals surface area contributed by atoms with Crippen molar-refractivity contribution in [2.75, 3.05) is 6.61 Å². The number of hydrogen-bond acceptors (Lipinski definition) is 1. The Hall–Kier alpha value is -0.640. The van der Waals surface area contributed by atoms with Crippen LogP contribution in [-0.2, 0) is 11.3 Å². The number of ether oxygens (including phenoxy) is 1. The zero-order chi connectivity index (χ0) is 12.5. The van der Waals surface area contributed by atoms with Gasteiger partial charge in [0.25, 0.3) is 0 Å². The SMILES string of the molecule is C=C/C(Br)=C\C(Br)=C/COCc1ccccc1. The molecule has 0 aromatic heterocycles. The Bertz CT molecular complexity index is 407. The number of benzene rings is 1. The lowest BCUT2D eigenvalue weighted by molar-refractivity contribution is 0.148.